The highest BCUT2D eigenvalue weighted by atomic mass is 35.5. The van der Waals surface area contributed by atoms with Gasteiger partial charge in [0, 0.05) is 56.3 Å². The fraction of sp³-hybridized carbons (Fsp3) is 0.222. The predicted molar refractivity (Wildman–Crippen MR) is 290 cm³/mol. The Morgan fingerprint density at radius 2 is 0.720 bits per heavy atom. The molecular formula is C54H51Cl3N12O6. The Hall–Kier alpha value is -7.77. The third-order valence-corrected chi connectivity index (χ3v) is 12.3. The molecule has 0 saturated carbocycles. The Morgan fingerprint density at radius 1 is 0.427 bits per heavy atom. The van der Waals surface area contributed by atoms with Gasteiger partial charge in [0.2, 0.25) is 0 Å². The van der Waals surface area contributed by atoms with E-state index in [4.69, 9.17) is 64.8 Å². The smallest absolute Gasteiger partial charge is 0.323 e. The average Bonchev–Trinajstić information content (AvgIpc) is 3.43. The number of morpholine rings is 3. The minimum absolute atomic E-state index is 0.0390. The van der Waals surface area contributed by atoms with E-state index in [9.17, 15) is 14.4 Å². The number of urea groups is 3. The molecule has 384 valence electrons. The molecule has 0 aliphatic carbocycles. The van der Waals surface area contributed by atoms with Gasteiger partial charge in [0.05, 0.1) is 105 Å². The van der Waals surface area contributed by atoms with Crippen LogP contribution in [0.4, 0.5) is 48.5 Å². The minimum atomic E-state index is -0.430. The fourth-order valence-electron chi connectivity index (χ4n) is 7.69. The summed E-state index contributed by atoms with van der Waals surface area (Å²) in [5.74, 6) is 0. The molecule has 0 aromatic heterocycles. The Kier molecular flexibility index (Phi) is 20.6. The van der Waals surface area contributed by atoms with E-state index in [-0.39, 0.29) is 18.3 Å². The molecule has 3 atom stereocenters. The lowest BCUT2D eigenvalue weighted by molar-refractivity contribution is 0.0276. The van der Waals surface area contributed by atoms with Gasteiger partial charge in [-0.25, -0.2) is 14.4 Å². The molecule has 0 spiro atoms. The van der Waals surface area contributed by atoms with Crippen LogP contribution in [0, 0.1) is 34.0 Å². The summed E-state index contributed by atoms with van der Waals surface area (Å²) in [4.78, 5) is 36.4. The van der Waals surface area contributed by atoms with Crippen LogP contribution in [0.3, 0.4) is 0 Å². The van der Waals surface area contributed by atoms with Crippen LogP contribution in [-0.2, 0) is 14.2 Å². The van der Waals surface area contributed by atoms with Crippen molar-refractivity contribution in [1.29, 1.82) is 15.8 Å². The molecule has 18 nitrogen and oxygen atoms in total. The first kappa shape index (κ1) is 55.0. The molecular weight excluding hydrogens is 1020 g/mol. The zero-order valence-electron chi connectivity index (χ0n) is 40.1. The molecule has 6 aromatic carbocycles. The van der Waals surface area contributed by atoms with Crippen LogP contribution in [0.15, 0.2) is 127 Å². The van der Waals surface area contributed by atoms with Crippen LogP contribution in [0.1, 0.15) is 51.7 Å². The first-order valence-electron chi connectivity index (χ1n) is 23.6. The third kappa shape index (κ3) is 16.9. The van der Waals surface area contributed by atoms with Gasteiger partial charge < -0.3 is 62.1 Å². The van der Waals surface area contributed by atoms with Crippen molar-refractivity contribution >= 4 is 87.0 Å². The topological polar surface area (TPSA) is 259 Å². The molecule has 21 heteroatoms. The lowest BCUT2D eigenvalue weighted by Crippen LogP contribution is -2.33. The number of carbonyl (C=O) groups excluding carboxylic acids is 3. The molecule has 3 aliphatic heterocycles. The molecule has 75 heavy (non-hydrogen) atoms. The van der Waals surface area contributed by atoms with Gasteiger partial charge in [-0.2, -0.15) is 15.8 Å². The monoisotopic (exact) mass is 1070 g/mol. The van der Waals surface area contributed by atoms with Gasteiger partial charge in [0.15, 0.2) is 0 Å². The van der Waals surface area contributed by atoms with E-state index in [0.29, 0.717) is 85.7 Å². The highest BCUT2D eigenvalue weighted by Gasteiger charge is 2.20. The number of rotatable bonds is 9. The van der Waals surface area contributed by atoms with Crippen LogP contribution in [-0.4, -0.2) is 77.2 Å². The van der Waals surface area contributed by atoms with Crippen LogP contribution < -0.4 is 47.9 Å². The number of benzene rings is 6. The Labute approximate surface area is 448 Å². The number of anilines is 6. The van der Waals surface area contributed by atoms with Crippen LogP contribution in [0.5, 0.6) is 0 Å². The molecule has 9 N–H and O–H groups in total. The van der Waals surface area contributed by atoms with Crippen molar-refractivity contribution in [3.05, 3.63) is 176 Å². The fourth-order valence-corrected chi connectivity index (χ4v) is 8.40. The number of carbonyl (C=O) groups is 3. The van der Waals surface area contributed by atoms with Gasteiger partial charge in [-0.1, -0.05) is 71.2 Å². The molecule has 6 amide bonds. The van der Waals surface area contributed by atoms with E-state index in [1.54, 1.807) is 109 Å². The zero-order valence-corrected chi connectivity index (χ0v) is 42.4. The number of nitrogens with one attached hydrogen (secondary N) is 9. The highest BCUT2D eigenvalue weighted by Crippen LogP contribution is 2.31. The number of hydrogen-bond donors (Lipinski definition) is 9. The summed E-state index contributed by atoms with van der Waals surface area (Å²) in [5.41, 5.74) is 7.42. The molecule has 0 bridgehead atoms. The van der Waals surface area contributed by atoms with Gasteiger partial charge >= 0.3 is 18.1 Å². The number of nitriles is 3. The number of nitrogens with zero attached hydrogens (tertiary/aromatic N) is 3. The molecule has 3 heterocycles. The van der Waals surface area contributed by atoms with Crippen molar-refractivity contribution in [2.45, 2.75) is 18.3 Å². The lowest BCUT2D eigenvalue weighted by Gasteiger charge is -2.24. The maximum absolute atomic E-state index is 12.1. The van der Waals surface area contributed by atoms with E-state index in [1.807, 2.05) is 36.4 Å². The molecule has 3 saturated heterocycles. The van der Waals surface area contributed by atoms with Crippen LogP contribution in [0.25, 0.3) is 0 Å². The Balaban J connectivity index is 0.000000164. The summed E-state index contributed by atoms with van der Waals surface area (Å²) in [6, 6.07) is 41.1. The van der Waals surface area contributed by atoms with Gasteiger partial charge in [-0.05, 0) is 108 Å². The molecule has 3 fully saturated rings. The standard InChI is InChI=1S/3C18H17ClN4O2/c3*19-15-9-13(17-11-21-6-7-25-17)4-5-16(15)23-18(24)22-14-3-1-2-12(8-14)10-20/h3*1-5,8-9,17,21H,6-7,11H2,(H2,22,23,24)/t2*17-;/m10./s1. The minimum Gasteiger partial charge on any atom is -0.371 e. The second-order valence-corrected chi connectivity index (χ2v) is 17.9. The second kappa shape index (κ2) is 28.1. The number of halogens is 3. The predicted octanol–water partition coefficient (Wildman–Crippen LogP) is 10.5. The lowest BCUT2D eigenvalue weighted by atomic mass is 10.1. The number of ether oxygens (including phenoxy) is 3. The summed E-state index contributed by atoms with van der Waals surface area (Å²) >= 11 is 18.8. The van der Waals surface area contributed by atoms with E-state index in [2.05, 4.69) is 47.9 Å². The third-order valence-electron chi connectivity index (χ3n) is 11.4. The summed E-state index contributed by atoms with van der Waals surface area (Å²) < 4.78 is 17.1. The summed E-state index contributed by atoms with van der Waals surface area (Å²) in [7, 11) is 0. The van der Waals surface area contributed by atoms with Crippen LogP contribution >= 0.6 is 34.8 Å². The van der Waals surface area contributed by atoms with Crippen molar-refractivity contribution in [2.75, 3.05) is 91.0 Å². The number of amides is 6. The molecule has 0 radical (unpaired) electrons. The summed E-state index contributed by atoms with van der Waals surface area (Å²) in [6.45, 7) is 6.72. The van der Waals surface area contributed by atoms with Gasteiger partial charge in [0.25, 0.3) is 0 Å². The zero-order chi connectivity index (χ0) is 52.9. The average molecular weight is 1070 g/mol. The highest BCUT2D eigenvalue weighted by molar-refractivity contribution is 6.34. The normalized spacial score (nSPS) is 16.7. The van der Waals surface area contributed by atoms with Crippen LogP contribution in [0.2, 0.25) is 15.1 Å². The maximum atomic E-state index is 12.1. The van der Waals surface area contributed by atoms with Gasteiger partial charge in [-0.3, -0.25) is 0 Å². The second-order valence-electron chi connectivity index (χ2n) is 16.7. The summed E-state index contributed by atoms with van der Waals surface area (Å²) in [6.07, 6.45) is -0.117. The number of hydrogen-bond acceptors (Lipinski definition) is 12. The van der Waals surface area contributed by atoms with E-state index in [0.717, 1.165) is 56.0 Å². The van der Waals surface area contributed by atoms with Crippen molar-refractivity contribution in [3.63, 3.8) is 0 Å². The van der Waals surface area contributed by atoms with E-state index >= 15 is 0 Å². The van der Waals surface area contributed by atoms with E-state index in [1.165, 1.54) is 0 Å². The van der Waals surface area contributed by atoms with Crippen molar-refractivity contribution in [1.82, 2.24) is 16.0 Å². The van der Waals surface area contributed by atoms with Crippen molar-refractivity contribution in [2.24, 2.45) is 0 Å². The first-order valence-corrected chi connectivity index (χ1v) is 24.7. The van der Waals surface area contributed by atoms with Gasteiger partial charge in [-0.15, -0.1) is 0 Å². The van der Waals surface area contributed by atoms with Crippen molar-refractivity contribution < 1.29 is 28.6 Å². The SMILES string of the molecule is N#Cc1cccc(NC(=O)Nc2ccc(C3CNCCO3)cc2Cl)c1.N#Cc1cccc(NC(=O)Nc2ccc([C@@H]3CNCCO3)cc2Cl)c1.N#Cc1cccc(NC(=O)Nc2ccc([C@H]3CNCCO3)cc2Cl)c1. The van der Waals surface area contributed by atoms with Gasteiger partial charge in [0.1, 0.15) is 0 Å². The van der Waals surface area contributed by atoms with Crippen molar-refractivity contribution in [3.8, 4) is 18.2 Å². The summed E-state index contributed by atoms with van der Waals surface area (Å²) in [5, 5.41) is 53.9. The van der Waals surface area contributed by atoms with E-state index < -0.39 is 18.1 Å². The Morgan fingerprint density at radius 3 is 0.960 bits per heavy atom. The quantitative estimate of drug-likeness (QED) is 0.0655. The Bertz CT molecular complexity index is 2760. The molecule has 1 unspecified atom stereocenters. The molecule has 6 aromatic rings. The first-order chi connectivity index (χ1) is 36.5. The largest absolute Gasteiger partial charge is 0.371 e. The maximum Gasteiger partial charge on any atom is 0.323 e. The molecule has 3 aliphatic rings. The molecule has 9 rings (SSSR count).